The summed E-state index contributed by atoms with van der Waals surface area (Å²) in [6.07, 6.45) is 0. The number of nitrogens with two attached hydrogens (primary N) is 1. The molecule has 16 heavy (non-hydrogen) atoms. The summed E-state index contributed by atoms with van der Waals surface area (Å²) < 4.78 is 0. The molecule has 2 rings (SSSR count). The van der Waals surface area contributed by atoms with E-state index in [1.807, 2.05) is 37.4 Å². The number of phenols is 1. The third kappa shape index (κ3) is 1.93. The number of nitrogen functional groups attached to an aromatic ring is 1. The first-order valence-corrected chi connectivity index (χ1v) is 5.07. The second-order valence-electron chi connectivity index (χ2n) is 3.60. The number of rotatable bonds is 2. The van der Waals surface area contributed by atoms with E-state index in [4.69, 9.17) is 5.73 Å². The van der Waals surface area contributed by atoms with E-state index in [-0.39, 0.29) is 5.75 Å². The summed E-state index contributed by atoms with van der Waals surface area (Å²) in [6, 6.07) is 12.8. The van der Waals surface area contributed by atoms with Crippen LogP contribution in [-0.2, 0) is 0 Å². The maximum absolute atomic E-state index is 9.24. The lowest BCUT2D eigenvalue weighted by Crippen LogP contribution is -1.94. The first kappa shape index (κ1) is 10.4. The Morgan fingerprint density at radius 1 is 1.06 bits per heavy atom. The average Bonchev–Trinajstić information content (AvgIpc) is 2.30. The average molecular weight is 214 g/mol. The molecule has 0 fully saturated rings. The molecule has 0 atom stereocenters. The van der Waals surface area contributed by atoms with Crippen LogP contribution in [0.25, 0.3) is 11.1 Å². The quantitative estimate of drug-likeness (QED) is 0.673. The molecule has 0 bridgehead atoms. The summed E-state index contributed by atoms with van der Waals surface area (Å²) in [5.74, 6) is 0.263. The third-order valence-electron chi connectivity index (χ3n) is 2.49. The van der Waals surface area contributed by atoms with Crippen molar-refractivity contribution >= 4 is 11.4 Å². The Labute approximate surface area is 94.5 Å². The molecule has 0 aliphatic carbocycles. The highest BCUT2D eigenvalue weighted by Gasteiger charge is 2.04. The molecule has 0 aliphatic heterocycles. The zero-order chi connectivity index (χ0) is 11.5. The van der Waals surface area contributed by atoms with Crippen molar-refractivity contribution in [2.45, 2.75) is 0 Å². The summed E-state index contributed by atoms with van der Waals surface area (Å²) >= 11 is 0. The summed E-state index contributed by atoms with van der Waals surface area (Å²) in [7, 11) is 1.87. The van der Waals surface area contributed by atoms with Gasteiger partial charge in [-0.15, -0.1) is 0 Å². The molecule has 82 valence electrons. The molecule has 0 spiro atoms. The van der Waals surface area contributed by atoms with Gasteiger partial charge in [-0.05, 0) is 35.9 Å². The largest absolute Gasteiger partial charge is 0.508 e. The Balaban J connectivity index is 2.53. The Kier molecular flexibility index (Phi) is 2.68. The first-order valence-electron chi connectivity index (χ1n) is 5.07. The molecular weight excluding hydrogens is 200 g/mol. The van der Waals surface area contributed by atoms with Gasteiger partial charge in [0.2, 0.25) is 0 Å². The van der Waals surface area contributed by atoms with Crippen LogP contribution in [0, 0.1) is 0 Å². The van der Waals surface area contributed by atoms with Crippen molar-refractivity contribution < 1.29 is 5.11 Å². The second-order valence-corrected chi connectivity index (χ2v) is 3.60. The fourth-order valence-corrected chi connectivity index (χ4v) is 1.66. The van der Waals surface area contributed by atoms with Crippen molar-refractivity contribution in [2.75, 3.05) is 18.1 Å². The molecule has 2 aromatic rings. The molecule has 0 saturated carbocycles. The van der Waals surface area contributed by atoms with E-state index >= 15 is 0 Å². The van der Waals surface area contributed by atoms with Gasteiger partial charge < -0.3 is 16.2 Å². The van der Waals surface area contributed by atoms with Crippen LogP contribution < -0.4 is 11.1 Å². The van der Waals surface area contributed by atoms with Gasteiger partial charge in [0.15, 0.2) is 0 Å². The Hall–Kier alpha value is -2.16. The van der Waals surface area contributed by atoms with Gasteiger partial charge in [-0.25, -0.2) is 0 Å². The number of hydrogen-bond donors (Lipinski definition) is 3. The molecule has 0 aromatic heterocycles. The molecule has 3 nitrogen and oxygen atoms in total. The Morgan fingerprint density at radius 3 is 2.38 bits per heavy atom. The van der Waals surface area contributed by atoms with E-state index in [1.54, 1.807) is 12.1 Å². The predicted octanol–water partition coefficient (Wildman–Crippen LogP) is 2.68. The zero-order valence-corrected chi connectivity index (χ0v) is 9.07. The fraction of sp³-hybridized carbons (Fsp3) is 0.0769. The van der Waals surface area contributed by atoms with Gasteiger partial charge >= 0.3 is 0 Å². The summed E-state index contributed by atoms with van der Waals surface area (Å²) in [4.78, 5) is 0. The SMILES string of the molecule is CNc1ccc(N)cc1-c1ccc(O)cc1. The van der Waals surface area contributed by atoms with Gasteiger partial charge in [0, 0.05) is 24.0 Å². The van der Waals surface area contributed by atoms with Crippen LogP contribution in [0.1, 0.15) is 0 Å². The summed E-state index contributed by atoms with van der Waals surface area (Å²) in [5.41, 5.74) is 9.56. The number of nitrogens with one attached hydrogen (secondary N) is 1. The molecule has 2 aromatic carbocycles. The van der Waals surface area contributed by atoms with Crippen molar-refractivity contribution in [1.29, 1.82) is 0 Å². The molecule has 3 heteroatoms. The van der Waals surface area contributed by atoms with Gasteiger partial charge in [0.1, 0.15) is 5.75 Å². The van der Waals surface area contributed by atoms with E-state index in [9.17, 15) is 5.11 Å². The monoisotopic (exact) mass is 214 g/mol. The van der Waals surface area contributed by atoms with E-state index in [0.29, 0.717) is 0 Å². The molecule has 0 aliphatic rings. The minimum Gasteiger partial charge on any atom is -0.508 e. The van der Waals surface area contributed by atoms with E-state index < -0.39 is 0 Å². The number of benzene rings is 2. The maximum atomic E-state index is 9.24. The van der Waals surface area contributed by atoms with Crippen molar-refractivity contribution in [3.63, 3.8) is 0 Å². The smallest absolute Gasteiger partial charge is 0.115 e. The zero-order valence-electron chi connectivity index (χ0n) is 9.07. The highest BCUT2D eigenvalue weighted by Crippen LogP contribution is 2.30. The number of hydrogen-bond acceptors (Lipinski definition) is 3. The molecular formula is C13H14N2O. The highest BCUT2D eigenvalue weighted by atomic mass is 16.3. The topological polar surface area (TPSA) is 58.3 Å². The second kappa shape index (κ2) is 4.14. The van der Waals surface area contributed by atoms with Crippen LogP contribution in [0.3, 0.4) is 0 Å². The van der Waals surface area contributed by atoms with Gasteiger partial charge in [0.25, 0.3) is 0 Å². The van der Waals surface area contributed by atoms with Crippen molar-refractivity contribution in [2.24, 2.45) is 0 Å². The molecule has 0 unspecified atom stereocenters. The number of phenolic OH excluding ortho intramolecular Hbond substituents is 1. The standard InChI is InChI=1S/C13H14N2O/c1-15-13-7-4-10(14)8-12(13)9-2-5-11(16)6-3-9/h2-8,15-16H,14H2,1H3. The number of aromatic hydroxyl groups is 1. The molecule has 0 amide bonds. The molecule has 0 radical (unpaired) electrons. The Morgan fingerprint density at radius 2 is 1.75 bits per heavy atom. The lowest BCUT2D eigenvalue weighted by atomic mass is 10.0. The molecule has 0 heterocycles. The lowest BCUT2D eigenvalue weighted by Gasteiger charge is -2.10. The molecule has 0 saturated heterocycles. The van der Waals surface area contributed by atoms with Gasteiger partial charge in [-0.2, -0.15) is 0 Å². The lowest BCUT2D eigenvalue weighted by molar-refractivity contribution is 0.475. The normalized spacial score (nSPS) is 10.1. The third-order valence-corrected chi connectivity index (χ3v) is 2.49. The maximum Gasteiger partial charge on any atom is 0.115 e. The minimum absolute atomic E-state index is 0.263. The van der Waals surface area contributed by atoms with E-state index in [0.717, 1.165) is 22.5 Å². The van der Waals surface area contributed by atoms with Crippen LogP contribution >= 0.6 is 0 Å². The van der Waals surface area contributed by atoms with Gasteiger partial charge in [0.05, 0.1) is 0 Å². The van der Waals surface area contributed by atoms with Crippen molar-refractivity contribution in [3.05, 3.63) is 42.5 Å². The summed E-state index contributed by atoms with van der Waals surface area (Å²) in [5, 5.41) is 12.4. The van der Waals surface area contributed by atoms with Gasteiger partial charge in [-0.3, -0.25) is 0 Å². The summed E-state index contributed by atoms with van der Waals surface area (Å²) in [6.45, 7) is 0. The predicted molar refractivity (Wildman–Crippen MR) is 67.5 cm³/mol. The van der Waals surface area contributed by atoms with Crippen LogP contribution in [0.4, 0.5) is 11.4 Å². The highest BCUT2D eigenvalue weighted by molar-refractivity contribution is 5.80. The van der Waals surface area contributed by atoms with E-state index in [1.165, 1.54) is 0 Å². The fourth-order valence-electron chi connectivity index (χ4n) is 1.66. The van der Waals surface area contributed by atoms with Crippen LogP contribution in [0.15, 0.2) is 42.5 Å². The van der Waals surface area contributed by atoms with Crippen LogP contribution in [-0.4, -0.2) is 12.2 Å². The number of anilines is 2. The first-order chi connectivity index (χ1) is 7.70. The van der Waals surface area contributed by atoms with Gasteiger partial charge in [-0.1, -0.05) is 12.1 Å². The minimum atomic E-state index is 0.263. The Bertz CT molecular complexity index is 492. The van der Waals surface area contributed by atoms with Crippen molar-refractivity contribution in [1.82, 2.24) is 0 Å². The van der Waals surface area contributed by atoms with Crippen LogP contribution in [0.2, 0.25) is 0 Å². The van der Waals surface area contributed by atoms with Crippen LogP contribution in [0.5, 0.6) is 5.75 Å². The molecule has 4 N–H and O–H groups in total. The van der Waals surface area contributed by atoms with Crippen molar-refractivity contribution in [3.8, 4) is 16.9 Å². The van der Waals surface area contributed by atoms with E-state index in [2.05, 4.69) is 5.32 Å².